The highest BCUT2D eigenvalue weighted by molar-refractivity contribution is 5.94. The molecule has 6 heteroatoms. The fourth-order valence-electron chi connectivity index (χ4n) is 2.63. The fourth-order valence-corrected chi connectivity index (χ4v) is 2.63. The minimum absolute atomic E-state index is 0.165. The summed E-state index contributed by atoms with van der Waals surface area (Å²) in [4.78, 5) is 19.1. The first kappa shape index (κ1) is 19.6. The number of hydrogen-bond acceptors (Lipinski definition) is 5. The molecule has 0 atom stereocenters. The number of amides is 1. The Labute approximate surface area is 155 Å². The minimum atomic E-state index is -0.165. The Kier molecular flexibility index (Phi) is 7.26. The molecule has 0 saturated heterocycles. The third-order valence-corrected chi connectivity index (χ3v) is 4.08. The molecule has 2 rings (SSSR count). The summed E-state index contributed by atoms with van der Waals surface area (Å²) in [5, 5.41) is 2.91. The van der Waals surface area contributed by atoms with Gasteiger partial charge in [0.05, 0.1) is 13.7 Å². The first-order valence-corrected chi connectivity index (χ1v) is 8.91. The lowest BCUT2D eigenvalue weighted by molar-refractivity contribution is 0.0950. The van der Waals surface area contributed by atoms with E-state index >= 15 is 0 Å². The SMILES string of the molecule is CCOc1cc(C(=O)NCc2ccc(N(CC)CC)nc2)ccc1OC. The second-order valence-electron chi connectivity index (χ2n) is 5.68. The van der Waals surface area contributed by atoms with E-state index < -0.39 is 0 Å². The smallest absolute Gasteiger partial charge is 0.251 e. The Balaban J connectivity index is 2.01. The van der Waals surface area contributed by atoms with Crippen LogP contribution in [-0.4, -0.2) is 37.7 Å². The maximum absolute atomic E-state index is 12.4. The molecule has 1 aromatic heterocycles. The number of nitrogens with one attached hydrogen (secondary N) is 1. The van der Waals surface area contributed by atoms with Crippen molar-refractivity contribution >= 4 is 11.7 Å². The molecule has 0 fully saturated rings. The fraction of sp³-hybridized carbons (Fsp3) is 0.400. The molecule has 140 valence electrons. The molecule has 1 N–H and O–H groups in total. The maximum atomic E-state index is 12.4. The molecule has 1 aromatic carbocycles. The molecule has 26 heavy (non-hydrogen) atoms. The highest BCUT2D eigenvalue weighted by Gasteiger charge is 2.11. The summed E-state index contributed by atoms with van der Waals surface area (Å²) in [6.45, 7) is 8.85. The Hall–Kier alpha value is -2.76. The number of anilines is 1. The van der Waals surface area contributed by atoms with E-state index in [9.17, 15) is 4.79 Å². The Morgan fingerprint density at radius 1 is 1.12 bits per heavy atom. The Morgan fingerprint density at radius 2 is 1.88 bits per heavy atom. The van der Waals surface area contributed by atoms with Gasteiger partial charge < -0.3 is 19.7 Å². The number of ether oxygens (including phenoxy) is 2. The van der Waals surface area contributed by atoms with Gasteiger partial charge in [-0.05, 0) is 50.6 Å². The van der Waals surface area contributed by atoms with Crippen molar-refractivity contribution in [2.75, 3.05) is 31.7 Å². The lowest BCUT2D eigenvalue weighted by Crippen LogP contribution is -2.24. The number of rotatable bonds is 9. The van der Waals surface area contributed by atoms with E-state index in [1.54, 1.807) is 31.5 Å². The largest absolute Gasteiger partial charge is 0.493 e. The second kappa shape index (κ2) is 9.65. The quantitative estimate of drug-likeness (QED) is 0.746. The summed E-state index contributed by atoms with van der Waals surface area (Å²) in [6.07, 6.45) is 1.80. The van der Waals surface area contributed by atoms with Crippen molar-refractivity contribution in [2.24, 2.45) is 0 Å². The first-order chi connectivity index (χ1) is 12.6. The van der Waals surface area contributed by atoms with E-state index in [2.05, 4.69) is 29.0 Å². The van der Waals surface area contributed by atoms with E-state index in [1.165, 1.54) is 0 Å². The molecule has 0 aliphatic carbocycles. The maximum Gasteiger partial charge on any atom is 0.251 e. The number of carbonyl (C=O) groups excluding carboxylic acids is 1. The summed E-state index contributed by atoms with van der Waals surface area (Å²) in [5.74, 6) is 1.95. The minimum Gasteiger partial charge on any atom is -0.493 e. The molecule has 0 radical (unpaired) electrons. The zero-order valence-corrected chi connectivity index (χ0v) is 15.9. The molecule has 0 saturated carbocycles. The lowest BCUT2D eigenvalue weighted by Gasteiger charge is -2.19. The van der Waals surface area contributed by atoms with Crippen molar-refractivity contribution in [1.82, 2.24) is 10.3 Å². The van der Waals surface area contributed by atoms with Gasteiger partial charge in [-0.2, -0.15) is 0 Å². The van der Waals surface area contributed by atoms with Gasteiger partial charge in [0.2, 0.25) is 0 Å². The van der Waals surface area contributed by atoms with Gasteiger partial charge in [-0.1, -0.05) is 6.07 Å². The molecule has 0 aliphatic rings. The Bertz CT molecular complexity index is 713. The Morgan fingerprint density at radius 3 is 2.46 bits per heavy atom. The van der Waals surface area contributed by atoms with Crippen molar-refractivity contribution in [3.8, 4) is 11.5 Å². The van der Waals surface area contributed by atoms with Crippen LogP contribution in [0.5, 0.6) is 11.5 Å². The van der Waals surface area contributed by atoms with Crippen LogP contribution in [-0.2, 0) is 6.54 Å². The third kappa shape index (κ3) is 4.88. The number of benzene rings is 1. The number of pyridine rings is 1. The first-order valence-electron chi connectivity index (χ1n) is 8.91. The molecule has 1 heterocycles. The average molecular weight is 357 g/mol. The molecule has 6 nitrogen and oxygen atoms in total. The van der Waals surface area contributed by atoms with Gasteiger partial charge >= 0.3 is 0 Å². The van der Waals surface area contributed by atoms with Gasteiger partial charge in [-0.3, -0.25) is 4.79 Å². The number of carbonyl (C=O) groups is 1. The second-order valence-corrected chi connectivity index (χ2v) is 5.68. The van der Waals surface area contributed by atoms with Crippen LogP contribution in [0, 0.1) is 0 Å². The number of methoxy groups -OCH3 is 1. The third-order valence-electron chi connectivity index (χ3n) is 4.08. The standard InChI is InChI=1S/C20H27N3O3/c1-5-23(6-2)19-11-8-15(13-21-19)14-22-20(24)16-9-10-17(25-4)18(12-16)26-7-3/h8-13H,5-7,14H2,1-4H3,(H,22,24). The van der Waals surface area contributed by atoms with Gasteiger partial charge in [-0.15, -0.1) is 0 Å². The molecule has 0 unspecified atom stereocenters. The van der Waals surface area contributed by atoms with Crippen LogP contribution in [0.1, 0.15) is 36.7 Å². The summed E-state index contributed by atoms with van der Waals surface area (Å²) in [7, 11) is 1.58. The monoisotopic (exact) mass is 357 g/mol. The van der Waals surface area contributed by atoms with Crippen LogP contribution in [0.3, 0.4) is 0 Å². The molecular formula is C20H27N3O3. The van der Waals surface area contributed by atoms with Gasteiger partial charge in [0.1, 0.15) is 5.82 Å². The molecule has 2 aromatic rings. The van der Waals surface area contributed by atoms with E-state index in [1.807, 2.05) is 19.1 Å². The van der Waals surface area contributed by atoms with Crippen molar-refractivity contribution < 1.29 is 14.3 Å². The van der Waals surface area contributed by atoms with E-state index in [4.69, 9.17) is 9.47 Å². The van der Waals surface area contributed by atoms with Crippen molar-refractivity contribution in [2.45, 2.75) is 27.3 Å². The van der Waals surface area contributed by atoms with Crippen LogP contribution in [0.2, 0.25) is 0 Å². The van der Waals surface area contributed by atoms with Crippen molar-refractivity contribution in [1.29, 1.82) is 0 Å². The van der Waals surface area contributed by atoms with Gasteiger partial charge in [-0.25, -0.2) is 4.98 Å². The molecule has 0 aliphatic heterocycles. The van der Waals surface area contributed by atoms with E-state index in [-0.39, 0.29) is 5.91 Å². The molecular weight excluding hydrogens is 330 g/mol. The number of aromatic nitrogens is 1. The van der Waals surface area contributed by atoms with Crippen LogP contribution < -0.4 is 19.7 Å². The highest BCUT2D eigenvalue weighted by atomic mass is 16.5. The van der Waals surface area contributed by atoms with Crippen LogP contribution in [0.4, 0.5) is 5.82 Å². The number of hydrogen-bond donors (Lipinski definition) is 1. The molecule has 1 amide bonds. The summed E-state index contributed by atoms with van der Waals surface area (Å²) < 4.78 is 10.8. The van der Waals surface area contributed by atoms with E-state index in [0.717, 1.165) is 24.5 Å². The van der Waals surface area contributed by atoms with Gasteiger partial charge in [0.15, 0.2) is 11.5 Å². The van der Waals surface area contributed by atoms with E-state index in [0.29, 0.717) is 30.2 Å². The van der Waals surface area contributed by atoms with Crippen molar-refractivity contribution in [3.05, 3.63) is 47.7 Å². The van der Waals surface area contributed by atoms with Crippen LogP contribution in [0.15, 0.2) is 36.5 Å². The summed E-state index contributed by atoms with van der Waals surface area (Å²) >= 11 is 0. The predicted octanol–water partition coefficient (Wildman–Crippen LogP) is 3.27. The zero-order valence-electron chi connectivity index (χ0n) is 15.9. The highest BCUT2D eigenvalue weighted by Crippen LogP contribution is 2.28. The predicted molar refractivity (Wildman–Crippen MR) is 103 cm³/mol. The van der Waals surface area contributed by atoms with Gasteiger partial charge in [0.25, 0.3) is 5.91 Å². The molecule has 0 spiro atoms. The van der Waals surface area contributed by atoms with Crippen molar-refractivity contribution in [3.63, 3.8) is 0 Å². The summed E-state index contributed by atoms with van der Waals surface area (Å²) in [5.41, 5.74) is 1.48. The van der Waals surface area contributed by atoms with Crippen LogP contribution in [0.25, 0.3) is 0 Å². The van der Waals surface area contributed by atoms with Gasteiger partial charge in [0, 0.05) is 31.4 Å². The average Bonchev–Trinajstić information content (AvgIpc) is 2.68. The number of nitrogens with zero attached hydrogens (tertiary/aromatic N) is 2. The normalized spacial score (nSPS) is 10.3. The summed E-state index contributed by atoms with van der Waals surface area (Å²) in [6, 6.07) is 9.12. The topological polar surface area (TPSA) is 63.7 Å². The van der Waals surface area contributed by atoms with Crippen LogP contribution >= 0.6 is 0 Å². The molecule has 0 bridgehead atoms. The lowest BCUT2D eigenvalue weighted by atomic mass is 10.2. The zero-order chi connectivity index (χ0) is 18.9.